The zero-order chi connectivity index (χ0) is 12.3. The highest BCUT2D eigenvalue weighted by atomic mass is 16.7. The van der Waals surface area contributed by atoms with Crippen LogP contribution in [-0.2, 0) is 9.47 Å². The maximum atomic E-state index is 5.98. The monoisotopic (exact) mass is 242 g/mol. The summed E-state index contributed by atoms with van der Waals surface area (Å²) < 4.78 is 11.8. The van der Waals surface area contributed by atoms with Gasteiger partial charge in [0.15, 0.2) is 6.29 Å². The smallest absolute Gasteiger partial charge is 0.173 e. The summed E-state index contributed by atoms with van der Waals surface area (Å²) in [5.74, 6) is 0. The summed E-state index contributed by atoms with van der Waals surface area (Å²) in [4.78, 5) is 2.53. The molecule has 3 atom stereocenters. The van der Waals surface area contributed by atoms with Gasteiger partial charge in [0.05, 0.1) is 18.8 Å². The third kappa shape index (κ3) is 3.19. The number of hydrogen-bond donors (Lipinski definition) is 1. The van der Waals surface area contributed by atoms with Crippen LogP contribution in [0.3, 0.4) is 0 Å². The molecule has 17 heavy (non-hydrogen) atoms. The van der Waals surface area contributed by atoms with E-state index >= 15 is 0 Å². The van der Waals surface area contributed by atoms with Gasteiger partial charge in [-0.3, -0.25) is 4.90 Å². The van der Waals surface area contributed by atoms with Crippen molar-refractivity contribution in [3.05, 3.63) is 0 Å². The average molecular weight is 242 g/mol. The maximum Gasteiger partial charge on any atom is 0.173 e. The highest BCUT2D eigenvalue weighted by Gasteiger charge is 2.37. The topological polar surface area (TPSA) is 47.7 Å². The van der Waals surface area contributed by atoms with Gasteiger partial charge in [-0.15, -0.1) is 0 Å². The van der Waals surface area contributed by atoms with Crippen LogP contribution in [0, 0.1) is 0 Å². The molecule has 2 rings (SSSR count). The molecule has 0 saturated carbocycles. The van der Waals surface area contributed by atoms with Crippen molar-refractivity contribution in [1.82, 2.24) is 4.90 Å². The molecular formula is C13H26N2O2. The first-order chi connectivity index (χ1) is 8.22. The van der Waals surface area contributed by atoms with Crippen LogP contribution in [-0.4, -0.2) is 49.1 Å². The van der Waals surface area contributed by atoms with E-state index in [2.05, 4.69) is 18.7 Å². The molecule has 2 heterocycles. The quantitative estimate of drug-likeness (QED) is 0.808. The molecule has 0 aromatic rings. The minimum Gasteiger partial charge on any atom is -0.348 e. The number of nitrogens with zero attached hydrogens (tertiary/aromatic N) is 1. The second-order valence-corrected chi connectivity index (χ2v) is 5.43. The number of nitrogens with two attached hydrogens (primary N) is 1. The fourth-order valence-corrected chi connectivity index (χ4v) is 2.92. The van der Waals surface area contributed by atoms with E-state index in [0.717, 1.165) is 6.42 Å². The minimum absolute atomic E-state index is 0.0331. The Kier molecular flexibility index (Phi) is 4.79. The minimum atomic E-state index is -0.0331. The van der Waals surface area contributed by atoms with Crippen molar-refractivity contribution < 1.29 is 9.47 Å². The molecule has 0 radical (unpaired) electrons. The summed E-state index contributed by atoms with van der Waals surface area (Å²) in [6, 6.07) is 1.01. The van der Waals surface area contributed by atoms with Gasteiger partial charge in [0.2, 0.25) is 0 Å². The molecule has 0 aromatic carbocycles. The summed E-state index contributed by atoms with van der Waals surface area (Å²) in [7, 11) is 0. The van der Waals surface area contributed by atoms with Crippen molar-refractivity contribution in [3.63, 3.8) is 0 Å². The second-order valence-electron chi connectivity index (χ2n) is 5.43. The Balaban J connectivity index is 1.91. The van der Waals surface area contributed by atoms with E-state index in [1.54, 1.807) is 0 Å². The van der Waals surface area contributed by atoms with Gasteiger partial charge in [-0.1, -0.05) is 6.42 Å². The largest absolute Gasteiger partial charge is 0.348 e. The van der Waals surface area contributed by atoms with Crippen molar-refractivity contribution in [2.45, 2.75) is 64.0 Å². The summed E-state index contributed by atoms with van der Waals surface area (Å²) in [6.07, 6.45) is 4.87. The molecule has 2 fully saturated rings. The molecule has 3 unspecified atom stereocenters. The number of hydrogen-bond acceptors (Lipinski definition) is 4. The molecule has 4 nitrogen and oxygen atoms in total. The van der Waals surface area contributed by atoms with Gasteiger partial charge >= 0.3 is 0 Å². The summed E-state index contributed by atoms with van der Waals surface area (Å²) in [6.45, 7) is 7.08. The lowest BCUT2D eigenvalue weighted by molar-refractivity contribution is -0.125. The lowest BCUT2D eigenvalue weighted by atomic mass is 10.00. The standard InChI is InChI=1S/C13H26N2O2/c1-10(2)15-8-4-3-5-12(15)13-16-9-11(17-13)6-7-14/h10-13H,3-9,14H2,1-2H3. The SMILES string of the molecule is CC(C)N1CCCCC1C1OCC(CCN)O1. The Morgan fingerprint density at radius 2 is 2.18 bits per heavy atom. The van der Waals surface area contributed by atoms with Crippen molar-refractivity contribution in [2.75, 3.05) is 19.7 Å². The van der Waals surface area contributed by atoms with E-state index in [1.165, 1.54) is 25.8 Å². The Morgan fingerprint density at radius 3 is 2.88 bits per heavy atom. The molecule has 4 heteroatoms. The Morgan fingerprint density at radius 1 is 1.35 bits per heavy atom. The molecule has 100 valence electrons. The first-order valence-electron chi connectivity index (χ1n) is 6.95. The fraction of sp³-hybridized carbons (Fsp3) is 1.00. The molecule has 0 spiro atoms. The van der Waals surface area contributed by atoms with Gasteiger partial charge < -0.3 is 15.2 Å². The molecule has 2 aliphatic heterocycles. The van der Waals surface area contributed by atoms with Gasteiger partial charge in [-0.25, -0.2) is 0 Å². The molecule has 2 aliphatic rings. The van der Waals surface area contributed by atoms with Gasteiger partial charge in [0, 0.05) is 6.04 Å². The van der Waals surface area contributed by atoms with Crippen molar-refractivity contribution in [1.29, 1.82) is 0 Å². The van der Waals surface area contributed by atoms with E-state index in [-0.39, 0.29) is 12.4 Å². The first kappa shape index (κ1) is 13.3. The highest BCUT2D eigenvalue weighted by molar-refractivity contribution is 4.84. The van der Waals surface area contributed by atoms with Crippen LogP contribution >= 0.6 is 0 Å². The van der Waals surface area contributed by atoms with Gasteiger partial charge in [0.25, 0.3) is 0 Å². The van der Waals surface area contributed by atoms with E-state index in [1.807, 2.05) is 0 Å². The zero-order valence-corrected chi connectivity index (χ0v) is 11.1. The van der Waals surface area contributed by atoms with Crippen LogP contribution in [0.25, 0.3) is 0 Å². The van der Waals surface area contributed by atoms with E-state index in [0.29, 0.717) is 25.2 Å². The predicted molar refractivity (Wildman–Crippen MR) is 67.8 cm³/mol. The molecule has 2 saturated heterocycles. The lowest BCUT2D eigenvalue weighted by Gasteiger charge is -2.40. The van der Waals surface area contributed by atoms with E-state index in [9.17, 15) is 0 Å². The third-order valence-corrected chi connectivity index (χ3v) is 3.83. The molecular weight excluding hydrogens is 216 g/mol. The van der Waals surface area contributed by atoms with E-state index < -0.39 is 0 Å². The molecule has 0 amide bonds. The van der Waals surface area contributed by atoms with Crippen LogP contribution in [0.15, 0.2) is 0 Å². The van der Waals surface area contributed by atoms with Crippen molar-refractivity contribution in [2.24, 2.45) is 5.73 Å². The van der Waals surface area contributed by atoms with Crippen molar-refractivity contribution >= 4 is 0 Å². The van der Waals surface area contributed by atoms with Gasteiger partial charge in [0.1, 0.15) is 0 Å². The predicted octanol–water partition coefficient (Wildman–Crippen LogP) is 1.34. The molecule has 0 bridgehead atoms. The number of piperidine rings is 1. The van der Waals surface area contributed by atoms with Crippen LogP contribution in [0.4, 0.5) is 0 Å². The van der Waals surface area contributed by atoms with Crippen LogP contribution in [0.2, 0.25) is 0 Å². The number of likely N-dealkylation sites (tertiary alicyclic amines) is 1. The average Bonchev–Trinajstić information content (AvgIpc) is 2.78. The normalized spacial score (nSPS) is 35.6. The Hall–Kier alpha value is -0.160. The summed E-state index contributed by atoms with van der Waals surface area (Å²) in [5.41, 5.74) is 5.56. The Labute approximate surface area is 104 Å². The molecule has 0 aliphatic carbocycles. The maximum absolute atomic E-state index is 5.98. The highest BCUT2D eigenvalue weighted by Crippen LogP contribution is 2.28. The number of ether oxygens (including phenoxy) is 2. The molecule has 0 aromatic heterocycles. The number of rotatable bonds is 4. The van der Waals surface area contributed by atoms with Crippen LogP contribution in [0.1, 0.15) is 39.5 Å². The van der Waals surface area contributed by atoms with Crippen LogP contribution < -0.4 is 5.73 Å². The van der Waals surface area contributed by atoms with Gasteiger partial charge in [-0.2, -0.15) is 0 Å². The van der Waals surface area contributed by atoms with Crippen molar-refractivity contribution in [3.8, 4) is 0 Å². The summed E-state index contributed by atoms with van der Waals surface area (Å²) in [5, 5.41) is 0. The van der Waals surface area contributed by atoms with Gasteiger partial charge in [-0.05, 0) is 46.2 Å². The molecule has 2 N–H and O–H groups in total. The zero-order valence-electron chi connectivity index (χ0n) is 11.1. The van der Waals surface area contributed by atoms with E-state index in [4.69, 9.17) is 15.2 Å². The van der Waals surface area contributed by atoms with Crippen LogP contribution in [0.5, 0.6) is 0 Å². The first-order valence-corrected chi connectivity index (χ1v) is 6.95. The Bertz CT molecular complexity index is 235. The third-order valence-electron chi connectivity index (χ3n) is 3.83. The summed E-state index contributed by atoms with van der Waals surface area (Å²) >= 11 is 0. The second kappa shape index (κ2) is 6.14. The lowest BCUT2D eigenvalue weighted by Crippen LogP contribution is -2.50. The fourth-order valence-electron chi connectivity index (χ4n) is 2.92.